The molecule has 1 aromatic rings. The van der Waals surface area contributed by atoms with Crippen LogP contribution in [0.1, 0.15) is 71.8 Å². The van der Waals surface area contributed by atoms with E-state index in [4.69, 9.17) is 0 Å². The Morgan fingerprint density at radius 1 is 0.833 bits per heavy atom. The van der Waals surface area contributed by atoms with Gasteiger partial charge < -0.3 is 0 Å². The van der Waals surface area contributed by atoms with Crippen molar-refractivity contribution in [3.8, 4) is 0 Å². The van der Waals surface area contributed by atoms with Gasteiger partial charge in [-0.25, -0.2) is 0 Å². The first-order valence-corrected chi connectivity index (χ1v) is 17.6. The van der Waals surface area contributed by atoms with Crippen molar-refractivity contribution in [3.05, 3.63) is 51.6 Å². The Bertz CT molecular complexity index is 462. The molecule has 0 spiro atoms. The van der Waals surface area contributed by atoms with Crippen molar-refractivity contribution in [2.24, 2.45) is 0 Å². The molecule has 0 unspecified atom stereocenters. The monoisotopic (exact) mass is 434 g/mol. The average molecular weight is 433 g/mol. The Labute approximate surface area is 155 Å². The van der Waals surface area contributed by atoms with E-state index in [-0.39, 0.29) is 0 Å². The van der Waals surface area contributed by atoms with Gasteiger partial charge in [0.15, 0.2) is 0 Å². The van der Waals surface area contributed by atoms with Crippen LogP contribution in [0.25, 0.3) is 6.08 Å². The molecule has 0 bridgehead atoms. The van der Waals surface area contributed by atoms with E-state index in [0.29, 0.717) is 0 Å². The second-order valence-electron chi connectivity index (χ2n) is 7.21. The van der Waals surface area contributed by atoms with E-state index in [1.807, 2.05) is 0 Å². The molecule has 0 nitrogen and oxygen atoms in total. The zero-order valence-corrected chi connectivity index (χ0v) is 19.3. The molecular formula is C23H38Sn. The van der Waals surface area contributed by atoms with Crippen LogP contribution in [-0.4, -0.2) is 18.4 Å². The first-order valence-electron chi connectivity index (χ1n) is 10.1. The summed E-state index contributed by atoms with van der Waals surface area (Å²) >= 11 is -2.17. The maximum atomic E-state index is 2.48. The van der Waals surface area contributed by atoms with Crippen LogP contribution in [0.15, 0.2) is 46.1 Å². The van der Waals surface area contributed by atoms with E-state index in [1.54, 1.807) is 16.9 Å². The van der Waals surface area contributed by atoms with Crippen molar-refractivity contribution >= 4 is 24.5 Å². The Balaban J connectivity index is 2.94. The molecule has 1 aromatic carbocycles. The molecule has 134 valence electrons. The van der Waals surface area contributed by atoms with Gasteiger partial charge in [-0.15, -0.1) is 0 Å². The number of rotatable bonds is 12. The second kappa shape index (κ2) is 12.8. The van der Waals surface area contributed by atoms with E-state index in [9.17, 15) is 0 Å². The third-order valence-electron chi connectivity index (χ3n) is 5.30. The normalized spacial score (nSPS) is 12.9. The van der Waals surface area contributed by atoms with Gasteiger partial charge in [-0.05, 0) is 0 Å². The molecular weight excluding hydrogens is 395 g/mol. The summed E-state index contributed by atoms with van der Waals surface area (Å²) in [5.74, 6) is 0. The zero-order valence-electron chi connectivity index (χ0n) is 16.5. The van der Waals surface area contributed by atoms with Gasteiger partial charge in [-0.3, -0.25) is 0 Å². The number of benzene rings is 1. The standard InChI is InChI=1S/C11H11.3C4H9.Sn/c1-2-3-5-8-11-9-6-4-7-10-11;3*1-3-4-2;/h3-10H,1H3;3*1,3-4H2,2H3;/b3-2?,8-5-;;;;. The third kappa shape index (κ3) is 7.59. The molecule has 0 heterocycles. The van der Waals surface area contributed by atoms with Gasteiger partial charge in [0.25, 0.3) is 0 Å². The van der Waals surface area contributed by atoms with E-state index >= 15 is 0 Å². The minimum absolute atomic E-state index is 1.30. The quantitative estimate of drug-likeness (QED) is 0.231. The van der Waals surface area contributed by atoms with Crippen molar-refractivity contribution in [1.29, 1.82) is 0 Å². The minimum atomic E-state index is -2.17. The fraction of sp³-hybridized carbons (Fsp3) is 0.565. The summed E-state index contributed by atoms with van der Waals surface area (Å²) in [5.41, 5.74) is 1.30. The number of allylic oxidation sites excluding steroid dienone is 3. The molecule has 0 atom stereocenters. The summed E-state index contributed by atoms with van der Waals surface area (Å²) in [5, 5.41) is 0. The van der Waals surface area contributed by atoms with Crippen molar-refractivity contribution in [3.63, 3.8) is 0 Å². The van der Waals surface area contributed by atoms with Gasteiger partial charge in [-0.2, -0.15) is 0 Å². The predicted octanol–water partition coefficient (Wildman–Crippen LogP) is 8.03. The summed E-state index contributed by atoms with van der Waals surface area (Å²) in [6.07, 6.45) is 15.4. The van der Waals surface area contributed by atoms with Crippen LogP contribution in [0.2, 0.25) is 13.3 Å². The predicted molar refractivity (Wildman–Crippen MR) is 114 cm³/mol. The molecule has 1 heteroatoms. The fourth-order valence-electron chi connectivity index (χ4n) is 3.56. The summed E-state index contributed by atoms with van der Waals surface area (Å²) in [4.78, 5) is 0. The van der Waals surface area contributed by atoms with Crippen LogP contribution in [-0.2, 0) is 0 Å². The Kier molecular flexibility index (Phi) is 11.5. The van der Waals surface area contributed by atoms with Gasteiger partial charge in [0.05, 0.1) is 0 Å². The topological polar surface area (TPSA) is 0 Å². The molecule has 0 aliphatic rings. The van der Waals surface area contributed by atoms with E-state index < -0.39 is 18.4 Å². The van der Waals surface area contributed by atoms with Gasteiger partial charge in [0.1, 0.15) is 0 Å². The molecule has 24 heavy (non-hydrogen) atoms. The van der Waals surface area contributed by atoms with Gasteiger partial charge >= 0.3 is 156 Å². The molecule has 0 radical (unpaired) electrons. The Morgan fingerprint density at radius 3 is 1.79 bits per heavy atom. The van der Waals surface area contributed by atoms with Gasteiger partial charge in [-0.1, -0.05) is 0 Å². The molecule has 0 aromatic heterocycles. The molecule has 0 N–H and O–H groups in total. The number of hydrogen-bond donors (Lipinski definition) is 0. The van der Waals surface area contributed by atoms with E-state index in [2.05, 4.69) is 76.3 Å². The van der Waals surface area contributed by atoms with Crippen LogP contribution < -0.4 is 0 Å². The summed E-state index contributed by atoms with van der Waals surface area (Å²) in [6.45, 7) is 9.52. The molecule has 0 saturated carbocycles. The zero-order chi connectivity index (χ0) is 17.7. The summed E-state index contributed by atoms with van der Waals surface area (Å²) < 4.78 is 6.48. The van der Waals surface area contributed by atoms with Crippen LogP contribution in [0.4, 0.5) is 0 Å². The van der Waals surface area contributed by atoms with Gasteiger partial charge in [0.2, 0.25) is 0 Å². The Morgan fingerprint density at radius 2 is 1.33 bits per heavy atom. The number of hydrogen-bond acceptors (Lipinski definition) is 0. The fourth-order valence-corrected chi connectivity index (χ4v) is 19.2. The van der Waals surface area contributed by atoms with Crippen molar-refractivity contribution in [1.82, 2.24) is 0 Å². The number of unbranched alkanes of at least 4 members (excludes halogenated alkanes) is 3. The van der Waals surface area contributed by atoms with E-state index in [1.165, 1.54) is 44.1 Å². The average Bonchev–Trinajstić information content (AvgIpc) is 2.62. The van der Waals surface area contributed by atoms with Gasteiger partial charge in [0, 0.05) is 0 Å². The second-order valence-corrected chi connectivity index (χ2v) is 21.1. The molecule has 0 saturated heterocycles. The molecule has 0 amide bonds. The third-order valence-corrected chi connectivity index (χ3v) is 21.8. The molecule has 0 aliphatic carbocycles. The molecule has 1 rings (SSSR count). The van der Waals surface area contributed by atoms with Crippen LogP contribution >= 0.6 is 0 Å². The van der Waals surface area contributed by atoms with Crippen LogP contribution in [0.3, 0.4) is 0 Å². The summed E-state index contributed by atoms with van der Waals surface area (Å²) in [7, 11) is 0. The Hall–Kier alpha value is -0.501. The first kappa shape index (κ1) is 21.5. The summed E-state index contributed by atoms with van der Waals surface area (Å²) in [6, 6.07) is 10.7. The van der Waals surface area contributed by atoms with Crippen molar-refractivity contribution < 1.29 is 0 Å². The van der Waals surface area contributed by atoms with Crippen molar-refractivity contribution in [2.45, 2.75) is 79.5 Å². The first-order chi connectivity index (χ1) is 11.7. The van der Waals surface area contributed by atoms with Crippen LogP contribution in [0.5, 0.6) is 0 Å². The maximum absolute atomic E-state index is 2.48. The van der Waals surface area contributed by atoms with E-state index in [0.717, 1.165) is 0 Å². The molecule has 0 fully saturated rings. The molecule has 0 aliphatic heterocycles. The SMILES string of the molecule is CCC[CH2][Sn]([CH2]CCC)([CH2]CCC)/[C](C)=C/C=C\c1ccccc1. The van der Waals surface area contributed by atoms with Crippen molar-refractivity contribution in [2.75, 3.05) is 0 Å². The van der Waals surface area contributed by atoms with Crippen LogP contribution in [0, 0.1) is 0 Å².